The molecule has 0 unspecified atom stereocenters. The summed E-state index contributed by atoms with van der Waals surface area (Å²) < 4.78 is 129. The van der Waals surface area contributed by atoms with Gasteiger partial charge in [0.2, 0.25) is 0 Å². The Labute approximate surface area is 400 Å². The van der Waals surface area contributed by atoms with Crippen LogP contribution in [0.15, 0.2) is 121 Å². The molecule has 0 amide bonds. The second-order valence-electron chi connectivity index (χ2n) is 18.2. The molecule has 0 aliphatic heterocycles. The van der Waals surface area contributed by atoms with E-state index < -0.39 is 44.8 Å². The lowest BCUT2D eigenvalue weighted by Crippen LogP contribution is -2.67. The van der Waals surface area contributed by atoms with Crippen molar-refractivity contribution in [2.45, 2.75) is 158 Å². The van der Waals surface area contributed by atoms with Crippen LogP contribution >= 0.6 is 22.6 Å². The standard InChI is InChI=1S/C55H64BF9I/c1-3-5-7-9-11-14-25-42-27-16-18-35-50(42)52(66,51-36-19-17-28-43(51)26-15-12-10-8-6-4-2)37-20-13-21-38-56(47-32-22-29-44(39-47)53(57,58)59,48-33-23-30-45(40-48)54(60,61)62)49-34-24-31-46(41-49)55(63,64)65/h16-19,22-24,27-36,39-41H,3-15,20-21,25-26,37-38H2,1-2H3/q-1. The Bertz CT molecular complexity index is 2040. The second kappa shape index (κ2) is 24.5. The van der Waals surface area contributed by atoms with Crippen molar-refractivity contribution < 1.29 is 39.5 Å². The summed E-state index contributed by atoms with van der Waals surface area (Å²) in [5.41, 5.74) is 2.06. The summed E-state index contributed by atoms with van der Waals surface area (Å²) in [5.74, 6) is 0. The number of hydrogen-bond donors (Lipinski definition) is 0. The van der Waals surface area contributed by atoms with Gasteiger partial charge in [-0.25, -0.2) is 0 Å². The highest BCUT2D eigenvalue weighted by Gasteiger charge is 2.39. The van der Waals surface area contributed by atoms with Gasteiger partial charge in [-0.15, -0.1) is 0 Å². The van der Waals surface area contributed by atoms with Crippen molar-refractivity contribution in [3.63, 3.8) is 0 Å². The highest BCUT2D eigenvalue weighted by atomic mass is 127. The van der Waals surface area contributed by atoms with Crippen molar-refractivity contribution in [3.8, 4) is 0 Å². The van der Waals surface area contributed by atoms with Crippen molar-refractivity contribution >= 4 is 45.1 Å². The molecule has 0 aliphatic rings. The van der Waals surface area contributed by atoms with E-state index in [2.05, 4.69) is 85.0 Å². The van der Waals surface area contributed by atoms with Crippen LogP contribution in [-0.2, 0) is 34.8 Å². The molecular formula is C55H64BF9I-. The van der Waals surface area contributed by atoms with E-state index in [1.54, 1.807) is 0 Å². The van der Waals surface area contributed by atoms with E-state index in [-0.39, 0.29) is 22.7 Å². The van der Waals surface area contributed by atoms with Gasteiger partial charge < -0.3 is 0 Å². The highest BCUT2D eigenvalue weighted by molar-refractivity contribution is 14.1. The fourth-order valence-corrected chi connectivity index (χ4v) is 11.4. The second-order valence-corrected chi connectivity index (χ2v) is 20.0. The first-order valence-corrected chi connectivity index (χ1v) is 25.1. The van der Waals surface area contributed by atoms with Gasteiger partial charge >= 0.3 is 18.5 Å². The summed E-state index contributed by atoms with van der Waals surface area (Å²) >= 11 is 2.63. The van der Waals surface area contributed by atoms with E-state index in [0.29, 0.717) is 25.7 Å². The Hall–Kier alpha value is -3.74. The number of aryl methyl sites for hydroxylation is 2. The maximum Gasteiger partial charge on any atom is 0.416 e. The van der Waals surface area contributed by atoms with Gasteiger partial charge in [-0.3, -0.25) is 0 Å². The molecular weight excluding hydrogens is 969 g/mol. The molecule has 66 heavy (non-hydrogen) atoms. The summed E-state index contributed by atoms with van der Waals surface area (Å²) in [6.45, 7) is 4.42. The SMILES string of the molecule is CCCCCCCCc1ccccc1C(I)(CCCCC[B-](c1cccc(C(F)(F)F)c1)(c1cccc(C(F)(F)F)c1)c1cccc(C(F)(F)F)c1)c1ccccc1CCCCCCCC. The minimum absolute atomic E-state index is 0.0153. The van der Waals surface area contributed by atoms with Crippen molar-refractivity contribution in [2.75, 3.05) is 0 Å². The Morgan fingerprint density at radius 1 is 0.394 bits per heavy atom. The number of halogens is 10. The van der Waals surface area contributed by atoms with Crippen LogP contribution in [0.5, 0.6) is 0 Å². The smallest absolute Gasteiger partial charge is 0.199 e. The van der Waals surface area contributed by atoms with E-state index >= 15 is 0 Å². The third-order valence-electron chi connectivity index (χ3n) is 13.5. The molecule has 0 N–H and O–H groups in total. The molecule has 0 saturated carbocycles. The van der Waals surface area contributed by atoms with E-state index in [4.69, 9.17) is 0 Å². The summed E-state index contributed by atoms with van der Waals surface area (Å²) in [7, 11) is 0. The molecule has 0 bridgehead atoms. The lowest BCUT2D eigenvalue weighted by Gasteiger charge is -2.44. The quantitative estimate of drug-likeness (QED) is 0.0180. The van der Waals surface area contributed by atoms with Gasteiger partial charge in [-0.2, -0.15) is 62.2 Å². The normalized spacial score (nSPS) is 12.8. The molecule has 0 radical (unpaired) electrons. The third kappa shape index (κ3) is 14.2. The largest absolute Gasteiger partial charge is 0.416 e. The van der Waals surface area contributed by atoms with Crippen molar-refractivity contribution in [3.05, 3.63) is 160 Å². The Morgan fingerprint density at radius 2 is 0.742 bits per heavy atom. The van der Waals surface area contributed by atoms with Gasteiger partial charge in [-0.05, 0) is 54.4 Å². The molecule has 5 aromatic rings. The summed E-state index contributed by atoms with van der Waals surface area (Å²) in [6.07, 6.45) is 0.922. The van der Waals surface area contributed by atoms with Gasteiger partial charge in [0.25, 0.3) is 0 Å². The third-order valence-corrected chi connectivity index (χ3v) is 15.2. The molecule has 0 fully saturated rings. The molecule has 11 heteroatoms. The first-order chi connectivity index (χ1) is 31.4. The van der Waals surface area contributed by atoms with E-state index in [1.807, 2.05) is 0 Å². The number of hydrogen-bond acceptors (Lipinski definition) is 0. The zero-order valence-corrected chi connectivity index (χ0v) is 40.5. The van der Waals surface area contributed by atoms with Gasteiger partial charge in [0.1, 0.15) is 0 Å². The van der Waals surface area contributed by atoms with Gasteiger partial charge in [0.05, 0.1) is 26.3 Å². The van der Waals surface area contributed by atoms with Crippen molar-refractivity contribution in [1.29, 1.82) is 0 Å². The predicted octanol–water partition coefficient (Wildman–Crippen LogP) is 17.0. The van der Waals surface area contributed by atoms with Gasteiger partial charge in [0, 0.05) is 0 Å². The van der Waals surface area contributed by atoms with Gasteiger partial charge in [0.15, 0.2) is 0 Å². The molecule has 5 rings (SSSR count). The molecule has 0 aliphatic carbocycles. The fraction of sp³-hybridized carbons (Fsp3) is 0.455. The van der Waals surface area contributed by atoms with E-state index in [1.165, 1.54) is 110 Å². The van der Waals surface area contributed by atoms with Crippen LogP contribution in [0.4, 0.5) is 39.5 Å². The molecule has 0 nitrogen and oxygen atoms in total. The minimum Gasteiger partial charge on any atom is -0.199 e. The number of unbranched alkanes of at least 4 members (excludes halogenated alkanes) is 12. The van der Waals surface area contributed by atoms with Crippen LogP contribution in [0.3, 0.4) is 0 Å². The Kier molecular flexibility index (Phi) is 19.8. The summed E-state index contributed by atoms with van der Waals surface area (Å²) in [4.78, 5) is 0. The fourth-order valence-electron chi connectivity index (χ4n) is 9.99. The maximum absolute atomic E-state index is 14.4. The van der Waals surface area contributed by atoms with Crippen molar-refractivity contribution in [2.24, 2.45) is 0 Å². The lowest BCUT2D eigenvalue weighted by atomic mass is 9.14. The molecule has 0 atom stereocenters. The van der Waals surface area contributed by atoms with Gasteiger partial charge in [-0.1, -0.05) is 241 Å². The van der Waals surface area contributed by atoms with E-state index in [9.17, 15) is 39.5 Å². The predicted molar refractivity (Wildman–Crippen MR) is 264 cm³/mol. The lowest BCUT2D eigenvalue weighted by molar-refractivity contribution is -0.138. The molecule has 0 heterocycles. The summed E-state index contributed by atoms with van der Waals surface area (Å²) in [6, 6.07) is 30.4. The molecule has 0 spiro atoms. The number of rotatable bonds is 25. The average Bonchev–Trinajstić information content (AvgIpc) is 3.29. The molecule has 0 aromatic heterocycles. The maximum atomic E-state index is 14.4. The summed E-state index contributed by atoms with van der Waals surface area (Å²) in [5, 5.41) is 0. The number of benzene rings is 5. The first-order valence-electron chi connectivity index (χ1n) is 24.0. The molecule has 358 valence electrons. The first kappa shape index (κ1) is 53.2. The topological polar surface area (TPSA) is 0 Å². The molecule has 0 saturated heterocycles. The van der Waals surface area contributed by atoms with Crippen LogP contribution in [0.2, 0.25) is 6.32 Å². The highest BCUT2D eigenvalue weighted by Crippen LogP contribution is 2.47. The zero-order chi connectivity index (χ0) is 47.9. The Morgan fingerprint density at radius 3 is 1.12 bits per heavy atom. The number of alkyl halides is 10. The van der Waals surface area contributed by atoms with Crippen LogP contribution in [0, 0.1) is 0 Å². The van der Waals surface area contributed by atoms with E-state index in [0.717, 1.165) is 74.9 Å². The Balaban J connectivity index is 1.55. The van der Waals surface area contributed by atoms with Crippen LogP contribution in [0.25, 0.3) is 0 Å². The van der Waals surface area contributed by atoms with Crippen LogP contribution in [-0.4, -0.2) is 6.15 Å². The van der Waals surface area contributed by atoms with Crippen LogP contribution < -0.4 is 16.4 Å². The molecule has 5 aromatic carbocycles. The van der Waals surface area contributed by atoms with Crippen molar-refractivity contribution in [1.82, 2.24) is 0 Å². The average molecular weight is 1030 g/mol. The zero-order valence-electron chi connectivity index (χ0n) is 38.3. The van der Waals surface area contributed by atoms with Crippen LogP contribution in [0.1, 0.15) is 156 Å². The monoisotopic (exact) mass is 1030 g/mol. The minimum atomic E-state index is -4.81.